The summed E-state index contributed by atoms with van der Waals surface area (Å²) in [6.45, 7) is 2.99. The van der Waals surface area contributed by atoms with Crippen molar-refractivity contribution in [1.82, 2.24) is 4.98 Å². The first-order valence-electron chi connectivity index (χ1n) is 4.64. The summed E-state index contributed by atoms with van der Waals surface area (Å²) in [6, 6.07) is 0.466. The third-order valence-corrected chi connectivity index (χ3v) is 4.24. The average molecular weight is 277 g/mol. The Bertz CT molecular complexity index is 318. The number of thiazole rings is 1. The molecular formula is C9H13BrN2OS. The fourth-order valence-electron chi connectivity index (χ4n) is 1.78. The summed E-state index contributed by atoms with van der Waals surface area (Å²) in [5, 5.41) is 3.06. The van der Waals surface area contributed by atoms with Gasteiger partial charge in [-0.3, -0.25) is 0 Å². The van der Waals surface area contributed by atoms with Crippen LogP contribution in [0.5, 0.6) is 0 Å². The third kappa shape index (κ3) is 1.94. The molecular weight excluding hydrogens is 264 g/mol. The molecule has 0 aliphatic carbocycles. The third-order valence-electron chi connectivity index (χ3n) is 2.60. The minimum atomic E-state index is 0.308. The number of halogens is 1. The van der Waals surface area contributed by atoms with Gasteiger partial charge in [0.05, 0.1) is 12.1 Å². The van der Waals surface area contributed by atoms with Crippen LogP contribution in [-0.2, 0) is 4.74 Å². The second kappa shape index (κ2) is 4.16. The van der Waals surface area contributed by atoms with Crippen LogP contribution in [0, 0.1) is 0 Å². The average Bonchev–Trinajstić information content (AvgIpc) is 2.73. The summed E-state index contributed by atoms with van der Waals surface area (Å²) in [7, 11) is 2.08. The van der Waals surface area contributed by atoms with Crippen molar-refractivity contribution in [3.63, 3.8) is 0 Å². The molecule has 0 spiro atoms. The molecule has 2 atom stereocenters. The lowest BCUT2D eigenvalue weighted by molar-refractivity contribution is 0.118. The Hall–Kier alpha value is -0.130. The highest BCUT2D eigenvalue weighted by molar-refractivity contribution is 9.10. The largest absolute Gasteiger partial charge is 0.376 e. The number of aromatic nitrogens is 1. The van der Waals surface area contributed by atoms with Crippen LogP contribution in [0.2, 0.25) is 0 Å². The molecule has 0 N–H and O–H groups in total. The molecule has 1 fully saturated rings. The van der Waals surface area contributed by atoms with E-state index in [4.69, 9.17) is 4.74 Å². The maximum Gasteiger partial charge on any atom is 0.186 e. The van der Waals surface area contributed by atoms with Crippen molar-refractivity contribution in [2.75, 3.05) is 18.6 Å². The summed E-state index contributed by atoms with van der Waals surface area (Å²) >= 11 is 5.02. The number of hydrogen-bond donors (Lipinski definition) is 0. The molecule has 3 nitrogen and oxygen atoms in total. The zero-order valence-corrected chi connectivity index (χ0v) is 10.6. The van der Waals surface area contributed by atoms with Gasteiger partial charge in [0.1, 0.15) is 4.60 Å². The molecule has 14 heavy (non-hydrogen) atoms. The lowest BCUT2D eigenvalue weighted by Gasteiger charge is -2.25. The number of ether oxygens (including phenoxy) is 1. The molecule has 0 bridgehead atoms. The monoisotopic (exact) mass is 276 g/mol. The minimum absolute atomic E-state index is 0.308. The predicted octanol–water partition coefficient (Wildman–Crippen LogP) is 2.52. The van der Waals surface area contributed by atoms with Crippen LogP contribution in [0.25, 0.3) is 0 Å². The molecule has 78 valence electrons. The molecule has 1 saturated heterocycles. The smallest absolute Gasteiger partial charge is 0.186 e. The van der Waals surface area contributed by atoms with Crippen molar-refractivity contribution in [3.05, 3.63) is 9.98 Å². The molecule has 2 unspecified atom stereocenters. The summed E-state index contributed by atoms with van der Waals surface area (Å²) in [6.07, 6.45) is 1.40. The van der Waals surface area contributed by atoms with Crippen LogP contribution in [0.1, 0.15) is 13.3 Å². The normalized spacial score (nSPS) is 26.8. The standard InChI is InChI=1S/C9H13BrN2OS/c1-6-7(3-4-13-6)12(2)9-11-8(10)5-14-9/h5-7H,3-4H2,1-2H3. The van der Waals surface area contributed by atoms with Crippen LogP contribution in [-0.4, -0.2) is 30.8 Å². The zero-order valence-electron chi connectivity index (χ0n) is 8.24. The molecule has 2 heterocycles. The Morgan fingerprint density at radius 2 is 2.50 bits per heavy atom. The van der Waals surface area contributed by atoms with E-state index in [0.717, 1.165) is 22.8 Å². The van der Waals surface area contributed by atoms with E-state index in [9.17, 15) is 0 Å². The van der Waals surface area contributed by atoms with Crippen molar-refractivity contribution in [3.8, 4) is 0 Å². The van der Waals surface area contributed by atoms with E-state index in [1.807, 2.05) is 5.38 Å². The van der Waals surface area contributed by atoms with E-state index in [0.29, 0.717) is 12.1 Å². The van der Waals surface area contributed by atoms with E-state index < -0.39 is 0 Å². The van der Waals surface area contributed by atoms with Crippen LogP contribution in [0.3, 0.4) is 0 Å². The van der Waals surface area contributed by atoms with Gasteiger partial charge in [-0.05, 0) is 29.3 Å². The number of rotatable bonds is 2. The second-order valence-corrected chi connectivity index (χ2v) is 5.14. The van der Waals surface area contributed by atoms with Gasteiger partial charge in [-0.2, -0.15) is 0 Å². The molecule has 5 heteroatoms. The van der Waals surface area contributed by atoms with E-state index in [2.05, 4.69) is 39.8 Å². The topological polar surface area (TPSA) is 25.4 Å². The predicted molar refractivity (Wildman–Crippen MR) is 62.0 cm³/mol. The fraction of sp³-hybridized carbons (Fsp3) is 0.667. The lowest BCUT2D eigenvalue weighted by Crippen LogP contribution is -2.36. The Kier molecular flexibility index (Phi) is 3.09. The van der Waals surface area contributed by atoms with Gasteiger partial charge >= 0.3 is 0 Å². The van der Waals surface area contributed by atoms with Crippen molar-refractivity contribution < 1.29 is 4.74 Å². The summed E-state index contributed by atoms with van der Waals surface area (Å²) in [5.41, 5.74) is 0. The van der Waals surface area contributed by atoms with Crippen molar-refractivity contribution in [2.45, 2.75) is 25.5 Å². The maximum atomic E-state index is 5.54. The molecule has 0 saturated carbocycles. The number of likely N-dealkylation sites (N-methyl/N-ethyl adjacent to an activating group) is 1. The quantitative estimate of drug-likeness (QED) is 0.830. The highest BCUT2D eigenvalue weighted by atomic mass is 79.9. The molecule has 1 aromatic heterocycles. The molecule has 2 rings (SSSR count). The van der Waals surface area contributed by atoms with Gasteiger partial charge in [0.15, 0.2) is 5.13 Å². The first kappa shape index (κ1) is 10.4. The SMILES string of the molecule is CC1OCCC1N(C)c1nc(Br)cs1. The van der Waals surface area contributed by atoms with Gasteiger partial charge in [-0.15, -0.1) is 11.3 Å². The number of hydrogen-bond acceptors (Lipinski definition) is 4. The van der Waals surface area contributed by atoms with E-state index in [1.54, 1.807) is 11.3 Å². The Morgan fingerprint density at radius 1 is 1.71 bits per heavy atom. The summed E-state index contributed by atoms with van der Waals surface area (Å²) in [4.78, 5) is 6.61. The van der Waals surface area contributed by atoms with Gasteiger partial charge in [-0.1, -0.05) is 0 Å². The molecule has 1 aliphatic rings. The van der Waals surface area contributed by atoms with Crippen LogP contribution >= 0.6 is 27.3 Å². The maximum absolute atomic E-state index is 5.54. The Morgan fingerprint density at radius 3 is 3.00 bits per heavy atom. The fourth-order valence-corrected chi connectivity index (χ4v) is 3.05. The molecule has 1 aliphatic heterocycles. The van der Waals surface area contributed by atoms with Crippen LogP contribution < -0.4 is 4.90 Å². The highest BCUT2D eigenvalue weighted by Crippen LogP contribution is 2.28. The second-order valence-electron chi connectivity index (χ2n) is 3.50. The Labute approximate surface area is 96.2 Å². The highest BCUT2D eigenvalue weighted by Gasteiger charge is 2.29. The van der Waals surface area contributed by atoms with Crippen molar-refractivity contribution in [1.29, 1.82) is 0 Å². The van der Waals surface area contributed by atoms with Crippen LogP contribution in [0.15, 0.2) is 9.98 Å². The minimum Gasteiger partial charge on any atom is -0.376 e. The summed E-state index contributed by atoms with van der Waals surface area (Å²) < 4.78 is 6.45. The van der Waals surface area contributed by atoms with Gasteiger partial charge in [0, 0.05) is 19.0 Å². The van der Waals surface area contributed by atoms with Crippen molar-refractivity contribution >= 4 is 32.4 Å². The van der Waals surface area contributed by atoms with E-state index in [1.165, 1.54) is 0 Å². The first-order chi connectivity index (χ1) is 6.68. The molecule has 0 aromatic carbocycles. The first-order valence-corrected chi connectivity index (χ1v) is 6.31. The van der Waals surface area contributed by atoms with Gasteiger partial charge < -0.3 is 9.64 Å². The van der Waals surface area contributed by atoms with Gasteiger partial charge in [0.2, 0.25) is 0 Å². The van der Waals surface area contributed by atoms with Gasteiger partial charge in [-0.25, -0.2) is 4.98 Å². The molecule has 0 radical (unpaired) electrons. The summed E-state index contributed by atoms with van der Waals surface area (Å²) in [5.74, 6) is 0. The molecule has 0 amide bonds. The molecule has 1 aromatic rings. The van der Waals surface area contributed by atoms with E-state index >= 15 is 0 Å². The van der Waals surface area contributed by atoms with Crippen molar-refractivity contribution in [2.24, 2.45) is 0 Å². The van der Waals surface area contributed by atoms with E-state index in [-0.39, 0.29) is 0 Å². The zero-order chi connectivity index (χ0) is 10.1. The lowest BCUT2D eigenvalue weighted by atomic mass is 10.1. The Balaban J connectivity index is 2.11. The number of anilines is 1. The number of nitrogens with zero attached hydrogens (tertiary/aromatic N) is 2. The van der Waals surface area contributed by atoms with Crippen LogP contribution in [0.4, 0.5) is 5.13 Å². The van der Waals surface area contributed by atoms with Gasteiger partial charge in [0.25, 0.3) is 0 Å².